The number of allylic oxidation sites excluding steroid dienone is 2. The molecule has 1 fully saturated rings. The van der Waals surface area contributed by atoms with Crippen LogP contribution in [0.4, 0.5) is 17.6 Å². The summed E-state index contributed by atoms with van der Waals surface area (Å²) in [5.41, 5.74) is 1.13. The Labute approximate surface area is 169 Å². The predicted octanol–water partition coefficient (Wildman–Crippen LogP) is 7.71. The van der Waals surface area contributed by atoms with Crippen LogP contribution < -0.4 is 0 Å². The van der Waals surface area contributed by atoms with Crippen molar-refractivity contribution in [1.82, 2.24) is 0 Å². The second-order valence-electron chi connectivity index (χ2n) is 8.47. The molecule has 4 heteroatoms. The van der Waals surface area contributed by atoms with Gasteiger partial charge in [-0.3, -0.25) is 0 Å². The van der Waals surface area contributed by atoms with Crippen LogP contribution in [-0.4, -0.2) is 0 Å². The zero-order valence-electron chi connectivity index (χ0n) is 16.7. The average Bonchev–Trinajstić information content (AvgIpc) is 2.70. The van der Waals surface area contributed by atoms with Gasteiger partial charge in [0.2, 0.25) is 0 Å². The smallest absolute Gasteiger partial charge is 0.159 e. The number of halogens is 4. The van der Waals surface area contributed by atoms with E-state index >= 15 is 4.39 Å². The third-order valence-electron chi connectivity index (χ3n) is 6.80. The van der Waals surface area contributed by atoms with Crippen LogP contribution >= 0.6 is 0 Å². The van der Waals surface area contributed by atoms with Crippen molar-refractivity contribution in [3.63, 3.8) is 0 Å². The van der Waals surface area contributed by atoms with Crippen LogP contribution in [0.5, 0.6) is 0 Å². The Morgan fingerprint density at radius 2 is 1.79 bits per heavy atom. The Morgan fingerprint density at radius 1 is 0.966 bits per heavy atom. The normalized spacial score (nSPS) is 23.8. The highest BCUT2D eigenvalue weighted by molar-refractivity contribution is 5.67. The molecule has 2 aromatic rings. The summed E-state index contributed by atoms with van der Waals surface area (Å²) >= 11 is 0. The van der Waals surface area contributed by atoms with Crippen molar-refractivity contribution >= 4 is 0 Å². The van der Waals surface area contributed by atoms with Crippen molar-refractivity contribution in [2.45, 2.75) is 57.8 Å². The lowest BCUT2D eigenvalue weighted by Crippen LogP contribution is -2.29. The highest BCUT2D eigenvalue weighted by Crippen LogP contribution is 2.49. The van der Waals surface area contributed by atoms with Crippen molar-refractivity contribution in [2.24, 2.45) is 11.8 Å². The highest BCUT2D eigenvalue weighted by Gasteiger charge is 2.37. The monoisotopic (exact) mass is 402 g/mol. The lowest BCUT2D eigenvalue weighted by Gasteiger charge is -2.41. The number of benzene rings is 2. The summed E-state index contributed by atoms with van der Waals surface area (Å²) in [6.07, 6.45) is 11.2. The molecule has 0 bridgehead atoms. The van der Waals surface area contributed by atoms with E-state index in [0.717, 1.165) is 49.8 Å². The molecule has 3 unspecified atom stereocenters. The maximum Gasteiger partial charge on any atom is 0.159 e. The Kier molecular flexibility index (Phi) is 5.80. The first-order valence-corrected chi connectivity index (χ1v) is 10.6. The van der Waals surface area contributed by atoms with Gasteiger partial charge in [-0.25, -0.2) is 17.6 Å². The van der Waals surface area contributed by atoms with Gasteiger partial charge in [0.15, 0.2) is 11.6 Å². The van der Waals surface area contributed by atoms with Crippen LogP contribution in [0, 0.1) is 35.1 Å². The molecule has 0 nitrogen and oxygen atoms in total. The lowest BCUT2D eigenvalue weighted by atomic mass is 9.64. The Morgan fingerprint density at radius 3 is 2.55 bits per heavy atom. The zero-order chi connectivity index (χ0) is 20.5. The molecule has 0 N–H and O–H groups in total. The quantitative estimate of drug-likeness (QED) is 0.363. The summed E-state index contributed by atoms with van der Waals surface area (Å²) in [6, 6.07) is 4.46. The van der Waals surface area contributed by atoms with E-state index in [1.54, 1.807) is 0 Å². The van der Waals surface area contributed by atoms with Gasteiger partial charge in [0, 0.05) is 0 Å². The van der Waals surface area contributed by atoms with E-state index in [-0.39, 0.29) is 17.0 Å². The zero-order valence-corrected chi connectivity index (χ0v) is 16.7. The minimum atomic E-state index is -1.10. The van der Waals surface area contributed by atoms with Gasteiger partial charge in [0.25, 0.3) is 0 Å². The summed E-state index contributed by atoms with van der Waals surface area (Å²) in [7, 11) is 0. The molecule has 154 valence electrons. The molecule has 0 heterocycles. The van der Waals surface area contributed by atoms with Gasteiger partial charge in [-0.15, -0.1) is 0 Å². The molecular formula is C25H26F4. The Balaban J connectivity index is 1.63. The fourth-order valence-electron chi connectivity index (χ4n) is 5.36. The van der Waals surface area contributed by atoms with Crippen molar-refractivity contribution in [3.8, 4) is 11.1 Å². The summed E-state index contributed by atoms with van der Waals surface area (Å²) in [5, 5.41) is 0. The first-order chi connectivity index (χ1) is 14.0. The predicted molar refractivity (Wildman–Crippen MR) is 108 cm³/mol. The molecule has 2 aliphatic rings. The highest BCUT2D eigenvalue weighted by atomic mass is 19.2. The molecule has 29 heavy (non-hydrogen) atoms. The molecule has 0 aliphatic heterocycles. The Hall–Kier alpha value is -2.10. The first kappa shape index (κ1) is 20.2. The molecular weight excluding hydrogens is 376 g/mol. The van der Waals surface area contributed by atoms with Gasteiger partial charge in [0.1, 0.15) is 11.6 Å². The van der Waals surface area contributed by atoms with Gasteiger partial charge in [0.05, 0.1) is 5.56 Å². The minimum Gasteiger partial charge on any atom is -0.206 e. The fraction of sp³-hybridized carbons (Fsp3) is 0.440. The first-order valence-electron chi connectivity index (χ1n) is 10.6. The second kappa shape index (κ2) is 8.33. The van der Waals surface area contributed by atoms with Crippen molar-refractivity contribution in [1.29, 1.82) is 0 Å². The molecule has 4 rings (SSSR count). The van der Waals surface area contributed by atoms with Gasteiger partial charge in [-0.1, -0.05) is 18.2 Å². The van der Waals surface area contributed by atoms with Crippen LogP contribution in [0.15, 0.2) is 36.4 Å². The van der Waals surface area contributed by atoms with Gasteiger partial charge < -0.3 is 0 Å². The Bertz CT molecular complexity index is 931. The molecule has 2 aliphatic carbocycles. The second-order valence-corrected chi connectivity index (χ2v) is 8.47. The van der Waals surface area contributed by atoms with Crippen molar-refractivity contribution < 1.29 is 17.6 Å². The number of rotatable bonds is 4. The van der Waals surface area contributed by atoms with E-state index in [2.05, 4.69) is 12.2 Å². The number of hydrogen-bond acceptors (Lipinski definition) is 0. The van der Waals surface area contributed by atoms with E-state index in [4.69, 9.17) is 0 Å². The largest absolute Gasteiger partial charge is 0.206 e. The maximum atomic E-state index is 15.3. The molecule has 0 spiro atoms. The van der Waals surface area contributed by atoms with Crippen LogP contribution in [0.2, 0.25) is 0 Å². The molecule has 1 saturated carbocycles. The SMILES string of the molecule is CC=CCCC1CCC2c3cc(F)c(-c4ccc(F)c(F)c4)c(F)c3CCC2C1. The van der Waals surface area contributed by atoms with E-state index in [0.29, 0.717) is 23.8 Å². The summed E-state index contributed by atoms with van der Waals surface area (Å²) < 4.78 is 57.1. The van der Waals surface area contributed by atoms with Crippen LogP contribution in [0.25, 0.3) is 11.1 Å². The summed E-state index contributed by atoms with van der Waals surface area (Å²) in [6.45, 7) is 2.03. The molecule has 0 amide bonds. The molecule has 2 aromatic carbocycles. The third-order valence-corrected chi connectivity index (χ3v) is 6.80. The molecule has 0 saturated heterocycles. The van der Waals surface area contributed by atoms with Crippen molar-refractivity contribution in [3.05, 3.63) is 70.8 Å². The third kappa shape index (κ3) is 3.86. The molecule has 0 aromatic heterocycles. The van der Waals surface area contributed by atoms with Crippen LogP contribution in [0.1, 0.15) is 62.5 Å². The number of hydrogen-bond donors (Lipinski definition) is 0. The molecule has 3 atom stereocenters. The fourth-order valence-corrected chi connectivity index (χ4v) is 5.36. The van der Waals surface area contributed by atoms with Gasteiger partial charge in [-0.05, 0) is 105 Å². The van der Waals surface area contributed by atoms with Crippen LogP contribution in [0.3, 0.4) is 0 Å². The standard InChI is InChI=1S/C25H26F4/c1-2-3-4-5-15-6-9-18-16(12-15)7-10-19-20(18)14-23(28)24(25(19)29)17-8-11-21(26)22(27)13-17/h2-3,8,11,13-16,18H,4-7,9-10,12H2,1H3. The topological polar surface area (TPSA) is 0 Å². The van der Waals surface area contributed by atoms with E-state index < -0.39 is 23.3 Å². The number of fused-ring (bicyclic) bond motifs is 3. The summed E-state index contributed by atoms with van der Waals surface area (Å²) in [5.74, 6) is -2.08. The van der Waals surface area contributed by atoms with Gasteiger partial charge in [-0.2, -0.15) is 0 Å². The maximum absolute atomic E-state index is 15.3. The van der Waals surface area contributed by atoms with E-state index in [9.17, 15) is 13.2 Å². The lowest BCUT2D eigenvalue weighted by molar-refractivity contribution is 0.201. The minimum absolute atomic E-state index is 0.0384. The van der Waals surface area contributed by atoms with E-state index in [1.165, 1.54) is 18.6 Å². The summed E-state index contributed by atoms with van der Waals surface area (Å²) in [4.78, 5) is 0. The average molecular weight is 402 g/mol. The van der Waals surface area contributed by atoms with Crippen molar-refractivity contribution in [2.75, 3.05) is 0 Å². The van der Waals surface area contributed by atoms with Crippen LogP contribution in [-0.2, 0) is 6.42 Å². The van der Waals surface area contributed by atoms with Gasteiger partial charge >= 0.3 is 0 Å². The van der Waals surface area contributed by atoms with E-state index in [1.807, 2.05) is 6.92 Å². The molecule has 0 radical (unpaired) electrons.